The van der Waals surface area contributed by atoms with Crippen LogP contribution in [0.5, 0.6) is 0 Å². The van der Waals surface area contributed by atoms with Gasteiger partial charge in [0.15, 0.2) is 5.79 Å². The molecule has 4 nitrogen and oxygen atoms in total. The molecule has 20 heavy (non-hydrogen) atoms. The Morgan fingerprint density at radius 2 is 1.90 bits per heavy atom. The Hall–Kier alpha value is -0.160. The summed E-state index contributed by atoms with van der Waals surface area (Å²) in [6.07, 6.45) is 7.29. The second kappa shape index (κ2) is 6.30. The third-order valence-corrected chi connectivity index (χ3v) is 5.53. The lowest BCUT2D eigenvalue weighted by molar-refractivity contribution is -0.193. The summed E-state index contributed by atoms with van der Waals surface area (Å²) in [6, 6.07) is 1.15. The van der Waals surface area contributed by atoms with Crippen molar-refractivity contribution in [1.29, 1.82) is 0 Å². The molecule has 1 spiro atoms. The lowest BCUT2D eigenvalue weighted by atomic mass is 9.84. The molecule has 3 aliphatic rings. The first-order valence-corrected chi connectivity index (χ1v) is 8.42. The Bertz CT molecular complexity index is 318. The van der Waals surface area contributed by atoms with Crippen LogP contribution in [0.2, 0.25) is 0 Å². The van der Waals surface area contributed by atoms with E-state index in [0.717, 1.165) is 38.4 Å². The minimum absolute atomic E-state index is 0.268. The van der Waals surface area contributed by atoms with Gasteiger partial charge in [0.2, 0.25) is 0 Å². The van der Waals surface area contributed by atoms with Crippen molar-refractivity contribution < 1.29 is 9.47 Å². The Morgan fingerprint density at radius 1 is 1.10 bits per heavy atom. The first kappa shape index (κ1) is 14.8. The second-order valence-corrected chi connectivity index (χ2v) is 6.88. The van der Waals surface area contributed by atoms with Crippen molar-refractivity contribution in [3.05, 3.63) is 0 Å². The molecule has 0 aromatic heterocycles. The quantitative estimate of drug-likeness (QED) is 0.840. The van der Waals surface area contributed by atoms with Gasteiger partial charge in [-0.2, -0.15) is 0 Å². The highest BCUT2D eigenvalue weighted by atomic mass is 16.7. The highest BCUT2D eigenvalue weighted by molar-refractivity contribution is 4.96. The second-order valence-electron chi connectivity index (χ2n) is 6.88. The van der Waals surface area contributed by atoms with Crippen LogP contribution >= 0.6 is 0 Å². The van der Waals surface area contributed by atoms with Gasteiger partial charge in [-0.25, -0.2) is 0 Å². The molecule has 3 fully saturated rings. The molecule has 4 heteroatoms. The summed E-state index contributed by atoms with van der Waals surface area (Å²) >= 11 is 0. The molecule has 2 heterocycles. The third-order valence-electron chi connectivity index (χ3n) is 5.53. The maximum atomic E-state index is 5.97. The number of likely N-dealkylation sites (tertiary alicyclic amines) is 1. The maximum absolute atomic E-state index is 5.97. The van der Waals surface area contributed by atoms with Gasteiger partial charge in [-0.1, -0.05) is 6.92 Å². The molecule has 0 radical (unpaired) electrons. The molecule has 1 aliphatic carbocycles. The first-order chi connectivity index (χ1) is 9.72. The predicted molar refractivity (Wildman–Crippen MR) is 79.7 cm³/mol. The normalized spacial score (nSPS) is 39.0. The summed E-state index contributed by atoms with van der Waals surface area (Å²) in [6.45, 7) is 6.41. The van der Waals surface area contributed by atoms with Crippen LogP contribution in [0.3, 0.4) is 0 Å². The summed E-state index contributed by atoms with van der Waals surface area (Å²) in [5.74, 6) is 0.611. The van der Waals surface area contributed by atoms with Gasteiger partial charge in [-0.05, 0) is 51.7 Å². The van der Waals surface area contributed by atoms with Gasteiger partial charge in [0.1, 0.15) is 0 Å². The molecular weight excluding hydrogens is 252 g/mol. The van der Waals surface area contributed by atoms with Crippen molar-refractivity contribution in [2.75, 3.05) is 33.4 Å². The number of hydrogen-bond acceptors (Lipinski definition) is 4. The van der Waals surface area contributed by atoms with E-state index in [0.29, 0.717) is 12.1 Å². The average molecular weight is 282 g/mol. The SMILES string of the molecule is CNC1CCC2(CC1N1CCCC(C)CC1)OCCO2. The lowest BCUT2D eigenvalue weighted by Crippen LogP contribution is -2.57. The topological polar surface area (TPSA) is 33.7 Å². The molecule has 3 rings (SSSR count). The van der Waals surface area contributed by atoms with Gasteiger partial charge in [-0.15, -0.1) is 0 Å². The van der Waals surface area contributed by atoms with E-state index >= 15 is 0 Å². The molecule has 0 amide bonds. The van der Waals surface area contributed by atoms with E-state index in [2.05, 4.69) is 24.2 Å². The van der Waals surface area contributed by atoms with Crippen LogP contribution in [-0.2, 0) is 9.47 Å². The minimum atomic E-state index is -0.268. The molecule has 2 aliphatic heterocycles. The summed E-state index contributed by atoms with van der Waals surface area (Å²) in [4.78, 5) is 2.70. The number of likely N-dealkylation sites (N-methyl/N-ethyl adjacent to an activating group) is 1. The van der Waals surface area contributed by atoms with Gasteiger partial charge in [0.05, 0.1) is 13.2 Å². The largest absolute Gasteiger partial charge is 0.347 e. The summed E-state index contributed by atoms with van der Waals surface area (Å²) in [5, 5.41) is 3.54. The van der Waals surface area contributed by atoms with Crippen LogP contribution in [0.4, 0.5) is 0 Å². The standard InChI is InChI=1S/C16H30N2O2/c1-13-4-3-8-18(9-6-13)15-12-16(19-10-11-20-16)7-5-14(15)17-2/h13-15,17H,3-12H2,1-2H3. The number of ether oxygens (including phenoxy) is 2. The Labute approximate surface area is 123 Å². The van der Waals surface area contributed by atoms with E-state index in [1.165, 1.54) is 32.4 Å². The molecule has 116 valence electrons. The van der Waals surface area contributed by atoms with Crippen molar-refractivity contribution in [2.24, 2.45) is 5.92 Å². The van der Waals surface area contributed by atoms with E-state index in [4.69, 9.17) is 9.47 Å². The van der Waals surface area contributed by atoms with Crippen LogP contribution < -0.4 is 5.32 Å². The van der Waals surface area contributed by atoms with Crippen LogP contribution in [0, 0.1) is 5.92 Å². The van der Waals surface area contributed by atoms with E-state index in [1.54, 1.807) is 0 Å². The number of rotatable bonds is 2. The Morgan fingerprint density at radius 3 is 2.65 bits per heavy atom. The van der Waals surface area contributed by atoms with Crippen molar-refractivity contribution >= 4 is 0 Å². The smallest absolute Gasteiger partial charge is 0.170 e. The first-order valence-electron chi connectivity index (χ1n) is 8.42. The summed E-state index contributed by atoms with van der Waals surface area (Å²) < 4.78 is 11.9. The van der Waals surface area contributed by atoms with Crippen LogP contribution in [0.15, 0.2) is 0 Å². The minimum Gasteiger partial charge on any atom is -0.347 e. The van der Waals surface area contributed by atoms with Gasteiger partial charge in [0, 0.05) is 24.9 Å². The number of hydrogen-bond donors (Lipinski definition) is 1. The zero-order valence-corrected chi connectivity index (χ0v) is 13.1. The summed E-state index contributed by atoms with van der Waals surface area (Å²) in [7, 11) is 2.10. The van der Waals surface area contributed by atoms with Crippen LogP contribution in [0.25, 0.3) is 0 Å². The van der Waals surface area contributed by atoms with Gasteiger partial charge < -0.3 is 14.8 Å². The molecule has 0 aromatic rings. The fourth-order valence-corrected chi connectivity index (χ4v) is 4.23. The highest BCUT2D eigenvalue weighted by Crippen LogP contribution is 2.38. The Kier molecular flexibility index (Phi) is 4.65. The van der Waals surface area contributed by atoms with Crippen LogP contribution in [0.1, 0.15) is 45.4 Å². The Balaban J connectivity index is 1.69. The van der Waals surface area contributed by atoms with Crippen molar-refractivity contribution in [3.63, 3.8) is 0 Å². The lowest BCUT2D eigenvalue weighted by Gasteiger charge is -2.45. The third kappa shape index (κ3) is 3.03. The van der Waals surface area contributed by atoms with Crippen molar-refractivity contribution in [3.8, 4) is 0 Å². The van der Waals surface area contributed by atoms with E-state index < -0.39 is 0 Å². The molecule has 3 atom stereocenters. The van der Waals surface area contributed by atoms with Crippen molar-refractivity contribution in [2.45, 2.75) is 63.3 Å². The molecule has 1 saturated carbocycles. The molecule has 0 bridgehead atoms. The average Bonchev–Trinajstić information content (AvgIpc) is 2.79. The van der Waals surface area contributed by atoms with Crippen LogP contribution in [-0.4, -0.2) is 56.1 Å². The van der Waals surface area contributed by atoms with Gasteiger partial charge in [0.25, 0.3) is 0 Å². The van der Waals surface area contributed by atoms with E-state index in [1.807, 2.05) is 0 Å². The van der Waals surface area contributed by atoms with Gasteiger partial charge in [-0.3, -0.25) is 4.90 Å². The molecule has 3 unspecified atom stereocenters. The van der Waals surface area contributed by atoms with E-state index in [9.17, 15) is 0 Å². The maximum Gasteiger partial charge on any atom is 0.170 e. The fraction of sp³-hybridized carbons (Fsp3) is 1.00. The van der Waals surface area contributed by atoms with E-state index in [-0.39, 0.29) is 5.79 Å². The molecular formula is C16H30N2O2. The zero-order chi connectivity index (χ0) is 14.0. The van der Waals surface area contributed by atoms with Gasteiger partial charge >= 0.3 is 0 Å². The summed E-state index contributed by atoms with van der Waals surface area (Å²) in [5.41, 5.74) is 0. The predicted octanol–water partition coefficient (Wildman–Crippen LogP) is 1.99. The van der Waals surface area contributed by atoms with Crippen molar-refractivity contribution in [1.82, 2.24) is 10.2 Å². The molecule has 2 saturated heterocycles. The zero-order valence-electron chi connectivity index (χ0n) is 13.1. The molecule has 0 aromatic carbocycles. The number of nitrogens with zero attached hydrogens (tertiary/aromatic N) is 1. The fourth-order valence-electron chi connectivity index (χ4n) is 4.23. The highest BCUT2D eigenvalue weighted by Gasteiger charge is 2.46. The monoisotopic (exact) mass is 282 g/mol. The molecule has 1 N–H and O–H groups in total. The number of nitrogens with one attached hydrogen (secondary N) is 1.